The molecule has 0 saturated carbocycles. The van der Waals surface area contributed by atoms with E-state index in [-0.39, 0.29) is 0 Å². The van der Waals surface area contributed by atoms with Gasteiger partial charge in [-0.2, -0.15) is 0 Å². The molecule has 120 valence electrons. The molecule has 0 amide bonds. The molecule has 0 aliphatic heterocycles. The first-order chi connectivity index (χ1) is 10.5. The quantitative estimate of drug-likeness (QED) is 0.742. The largest absolute Gasteiger partial charge is 0.351 e. The molecule has 0 aromatic carbocycles. The summed E-state index contributed by atoms with van der Waals surface area (Å²) >= 11 is 3.32. The summed E-state index contributed by atoms with van der Waals surface area (Å²) in [6.07, 6.45) is 14.4. The second kappa shape index (κ2) is 9.94. The van der Waals surface area contributed by atoms with Crippen molar-refractivity contribution in [2.24, 2.45) is 0 Å². The lowest BCUT2D eigenvalue weighted by Gasteiger charge is -2.05. The van der Waals surface area contributed by atoms with E-state index < -0.39 is 0 Å². The van der Waals surface area contributed by atoms with Crippen molar-refractivity contribution in [3.8, 4) is 0 Å². The highest BCUT2D eigenvalue weighted by atomic mass is 79.9. The Bertz CT molecular complexity index is 566. The van der Waals surface area contributed by atoms with Crippen LogP contribution in [0.5, 0.6) is 0 Å². The van der Waals surface area contributed by atoms with Crippen LogP contribution < -0.4 is 0 Å². The standard InChI is InChI=1S/C6H9BrN2.C6H10N2.C3H4N2/c1-5(2)9-4-3-8-6(9)7;1-6(2)8-4-3-7-5-8;1-2-5-3-4-1/h3-5H,1-2H3;3-6H,1-2H3;1-3H,(H,4,5). The summed E-state index contributed by atoms with van der Waals surface area (Å²) in [5.74, 6) is 0. The fourth-order valence-electron chi connectivity index (χ4n) is 1.47. The minimum atomic E-state index is 0.488. The molecule has 0 aliphatic carbocycles. The molecule has 1 N–H and O–H groups in total. The van der Waals surface area contributed by atoms with Crippen molar-refractivity contribution in [3.63, 3.8) is 0 Å². The number of halogens is 1. The zero-order chi connectivity index (χ0) is 16.4. The highest BCUT2D eigenvalue weighted by molar-refractivity contribution is 9.10. The van der Waals surface area contributed by atoms with E-state index in [1.54, 1.807) is 31.1 Å². The van der Waals surface area contributed by atoms with E-state index >= 15 is 0 Å². The Balaban J connectivity index is 0.000000171. The molecule has 0 saturated heterocycles. The Morgan fingerprint density at radius 3 is 2.00 bits per heavy atom. The van der Waals surface area contributed by atoms with E-state index in [1.165, 1.54) is 0 Å². The molecular weight excluding hydrogens is 344 g/mol. The second-order valence-corrected chi connectivity index (χ2v) is 5.77. The van der Waals surface area contributed by atoms with Crippen LogP contribution in [0.4, 0.5) is 0 Å². The highest BCUT2D eigenvalue weighted by Gasteiger charge is 1.99. The van der Waals surface area contributed by atoms with Gasteiger partial charge in [0, 0.05) is 49.3 Å². The number of aromatic nitrogens is 6. The first kappa shape index (κ1) is 18.2. The molecule has 3 aromatic heterocycles. The van der Waals surface area contributed by atoms with Gasteiger partial charge in [0.1, 0.15) is 0 Å². The summed E-state index contributed by atoms with van der Waals surface area (Å²) in [6, 6.07) is 1.03. The van der Waals surface area contributed by atoms with Crippen molar-refractivity contribution in [1.82, 2.24) is 29.1 Å². The second-order valence-electron chi connectivity index (χ2n) is 5.06. The average molecular weight is 367 g/mol. The van der Waals surface area contributed by atoms with Crippen LogP contribution in [0.25, 0.3) is 0 Å². The van der Waals surface area contributed by atoms with Crippen molar-refractivity contribution in [1.29, 1.82) is 0 Å². The minimum absolute atomic E-state index is 0.488. The van der Waals surface area contributed by atoms with E-state index in [9.17, 15) is 0 Å². The molecule has 0 aliphatic rings. The molecule has 6 nitrogen and oxygen atoms in total. The van der Waals surface area contributed by atoms with Crippen LogP contribution in [0.2, 0.25) is 0 Å². The SMILES string of the molecule is CC(C)n1ccnc1.CC(C)n1ccnc1Br.c1c[nH]cn1. The maximum absolute atomic E-state index is 4.02. The molecule has 0 bridgehead atoms. The smallest absolute Gasteiger partial charge is 0.177 e. The van der Waals surface area contributed by atoms with Crippen molar-refractivity contribution < 1.29 is 0 Å². The zero-order valence-electron chi connectivity index (χ0n) is 13.4. The van der Waals surface area contributed by atoms with Crippen LogP contribution in [-0.4, -0.2) is 29.1 Å². The fraction of sp³-hybridized carbons (Fsp3) is 0.400. The highest BCUT2D eigenvalue weighted by Crippen LogP contribution is 2.12. The molecular formula is C15H23BrN6. The summed E-state index contributed by atoms with van der Waals surface area (Å²) < 4.78 is 5.01. The molecule has 0 radical (unpaired) electrons. The number of hydrogen-bond donors (Lipinski definition) is 1. The third kappa shape index (κ3) is 6.71. The van der Waals surface area contributed by atoms with Gasteiger partial charge in [0.05, 0.1) is 12.7 Å². The molecule has 3 rings (SSSR count). The van der Waals surface area contributed by atoms with Crippen LogP contribution in [0, 0.1) is 0 Å². The van der Waals surface area contributed by atoms with Gasteiger partial charge in [-0.3, -0.25) is 0 Å². The van der Waals surface area contributed by atoms with Gasteiger partial charge in [0.25, 0.3) is 0 Å². The van der Waals surface area contributed by atoms with Crippen molar-refractivity contribution in [3.05, 3.63) is 54.6 Å². The molecule has 3 heterocycles. The van der Waals surface area contributed by atoms with Crippen molar-refractivity contribution >= 4 is 15.9 Å². The summed E-state index contributed by atoms with van der Waals surface area (Å²) in [7, 11) is 0. The van der Waals surface area contributed by atoms with Crippen LogP contribution >= 0.6 is 15.9 Å². The van der Waals surface area contributed by atoms with Crippen molar-refractivity contribution in [2.45, 2.75) is 39.8 Å². The Morgan fingerprint density at radius 2 is 1.77 bits per heavy atom. The Hall–Kier alpha value is -1.89. The fourth-order valence-corrected chi connectivity index (χ4v) is 2.12. The molecule has 0 atom stereocenters. The predicted octanol–water partition coefficient (Wildman–Crippen LogP) is 4.10. The Labute approximate surface area is 139 Å². The summed E-state index contributed by atoms with van der Waals surface area (Å²) in [5, 5.41) is 0. The van der Waals surface area contributed by atoms with Gasteiger partial charge in [-0.25, -0.2) is 15.0 Å². The normalized spacial score (nSPS) is 9.95. The number of nitrogens with one attached hydrogen (secondary N) is 1. The lowest BCUT2D eigenvalue weighted by Crippen LogP contribution is -1.98. The summed E-state index contributed by atoms with van der Waals surface area (Å²) in [4.78, 5) is 14.3. The van der Waals surface area contributed by atoms with Crippen LogP contribution in [0.1, 0.15) is 39.8 Å². The molecule has 7 heteroatoms. The molecule has 0 fully saturated rings. The van der Waals surface area contributed by atoms with Gasteiger partial charge in [-0.1, -0.05) is 0 Å². The van der Waals surface area contributed by atoms with Gasteiger partial charge in [0.15, 0.2) is 4.73 Å². The molecule has 0 unspecified atom stereocenters. The van der Waals surface area contributed by atoms with E-state index in [1.807, 2.05) is 18.7 Å². The van der Waals surface area contributed by atoms with Crippen LogP contribution in [-0.2, 0) is 0 Å². The first-order valence-electron chi connectivity index (χ1n) is 7.10. The van der Waals surface area contributed by atoms with E-state index in [0.29, 0.717) is 12.1 Å². The summed E-state index contributed by atoms with van der Waals surface area (Å²) in [5.41, 5.74) is 0. The molecule has 22 heavy (non-hydrogen) atoms. The van der Waals surface area contributed by atoms with Crippen molar-refractivity contribution in [2.75, 3.05) is 0 Å². The van der Waals surface area contributed by atoms with E-state index in [0.717, 1.165) is 4.73 Å². The van der Waals surface area contributed by atoms with E-state index in [2.05, 4.69) is 72.7 Å². The predicted molar refractivity (Wildman–Crippen MR) is 91.5 cm³/mol. The number of hydrogen-bond acceptors (Lipinski definition) is 3. The number of rotatable bonds is 2. The lowest BCUT2D eigenvalue weighted by molar-refractivity contribution is 0.587. The van der Waals surface area contributed by atoms with Crippen LogP contribution in [0.15, 0.2) is 54.6 Å². The van der Waals surface area contributed by atoms with Gasteiger partial charge in [-0.05, 0) is 43.6 Å². The topological polar surface area (TPSA) is 64.3 Å². The third-order valence-electron chi connectivity index (χ3n) is 2.70. The Morgan fingerprint density at radius 1 is 1.00 bits per heavy atom. The molecule has 3 aromatic rings. The monoisotopic (exact) mass is 366 g/mol. The Kier molecular flexibility index (Phi) is 8.21. The number of H-pyrrole nitrogens is 1. The minimum Gasteiger partial charge on any atom is -0.351 e. The lowest BCUT2D eigenvalue weighted by atomic mass is 10.4. The number of imidazole rings is 3. The van der Waals surface area contributed by atoms with Gasteiger partial charge >= 0.3 is 0 Å². The van der Waals surface area contributed by atoms with Gasteiger partial charge in [0.2, 0.25) is 0 Å². The maximum Gasteiger partial charge on any atom is 0.177 e. The molecule has 0 spiro atoms. The summed E-state index contributed by atoms with van der Waals surface area (Å²) in [6.45, 7) is 8.49. The van der Waals surface area contributed by atoms with Gasteiger partial charge in [-0.15, -0.1) is 0 Å². The van der Waals surface area contributed by atoms with Crippen LogP contribution in [0.3, 0.4) is 0 Å². The average Bonchev–Trinajstić information content (AvgIpc) is 3.24. The first-order valence-corrected chi connectivity index (χ1v) is 7.90. The third-order valence-corrected chi connectivity index (χ3v) is 3.32. The zero-order valence-corrected chi connectivity index (χ0v) is 15.0. The van der Waals surface area contributed by atoms with E-state index in [4.69, 9.17) is 0 Å². The maximum atomic E-state index is 4.02. The number of nitrogens with zero attached hydrogens (tertiary/aromatic N) is 5. The van der Waals surface area contributed by atoms with Gasteiger partial charge < -0.3 is 14.1 Å². The number of aromatic amines is 1.